The smallest absolute Gasteiger partial charge is 0.248 e. The molecule has 0 bridgehead atoms. The van der Waals surface area contributed by atoms with Crippen molar-refractivity contribution in [3.8, 4) is 5.75 Å². The molecule has 0 aromatic heterocycles. The van der Waals surface area contributed by atoms with Crippen molar-refractivity contribution in [3.63, 3.8) is 0 Å². The van der Waals surface area contributed by atoms with Crippen molar-refractivity contribution < 1.29 is 19.1 Å². The molecule has 0 spiro atoms. The Morgan fingerprint density at radius 1 is 0.875 bits per heavy atom. The fourth-order valence-electron chi connectivity index (χ4n) is 6.41. The van der Waals surface area contributed by atoms with Gasteiger partial charge in [-0.25, -0.2) is 4.90 Å². The molecule has 2 saturated heterocycles. The Labute approximate surface area is 235 Å². The number of hydrogen-bond acceptors (Lipinski definition) is 5. The van der Waals surface area contributed by atoms with E-state index in [0.29, 0.717) is 22.1 Å². The first-order valence-electron chi connectivity index (χ1n) is 13.0. The van der Waals surface area contributed by atoms with Crippen LogP contribution in [0.5, 0.6) is 5.75 Å². The van der Waals surface area contributed by atoms with Crippen molar-refractivity contribution in [2.24, 2.45) is 11.8 Å². The maximum Gasteiger partial charge on any atom is 0.248 e. The standard InChI is InChI=1S/C32H24ClN3O4/c1-40-25-13-11-21(33)17-24(25)34-30(37)29-27-26(28-23-9-5-4-7-19(23)14-15-35(28)29)31(38)36(32(27)39)22-12-10-18-6-2-3-8-20(18)16-22/h2-17,26-29H,1H3,(H,34,37)/t26-,27-,28-,29+/m1/s1. The van der Waals surface area contributed by atoms with Crippen LogP contribution in [0.15, 0.2) is 91.1 Å². The third-order valence-electron chi connectivity index (χ3n) is 8.14. The molecular formula is C32H24ClN3O4. The van der Waals surface area contributed by atoms with Crippen molar-refractivity contribution in [2.75, 3.05) is 17.3 Å². The molecule has 8 heteroatoms. The summed E-state index contributed by atoms with van der Waals surface area (Å²) in [4.78, 5) is 45.4. The van der Waals surface area contributed by atoms with Gasteiger partial charge < -0.3 is 15.0 Å². The normalized spacial score (nSPS) is 22.8. The number of nitrogens with one attached hydrogen (secondary N) is 1. The lowest BCUT2D eigenvalue weighted by molar-refractivity contribution is -0.128. The monoisotopic (exact) mass is 549 g/mol. The Hall–Kier alpha value is -4.62. The zero-order valence-electron chi connectivity index (χ0n) is 21.5. The van der Waals surface area contributed by atoms with Gasteiger partial charge in [-0.1, -0.05) is 66.2 Å². The van der Waals surface area contributed by atoms with Gasteiger partial charge in [0, 0.05) is 11.2 Å². The van der Waals surface area contributed by atoms with Crippen LogP contribution in [0, 0.1) is 11.8 Å². The van der Waals surface area contributed by atoms with Gasteiger partial charge >= 0.3 is 0 Å². The quantitative estimate of drug-likeness (QED) is 0.333. The molecule has 3 aliphatic rings. The number of amides is 3. The number of methoxy groups -OCH3 is 1. The number of halogens is 1. The van der Waals surface area contributed by atoms with E-state index in [2.05, 4.69) is 5.32 Å². The maximum absolute atomic E-state index is 14.2. The van der Waals surface area contributed by atoms with Gasteiger partial charge in [-0.3, -0.25) is 14.4 Å². The summed E-state index contributed by atoms with van der Waals surface area (Å²) < 4.78 is 5.42. The third-order valence-corrected chi connectivity index (χ3v) is 8.38. The van der Waals surface area contributed by atoms with Gasteiger partial charge in [0.1, 0.15) is 11.8 Å². The lowest BCUT2D eigenvalue weighted by Crippen LogP contribution is -2.46. The summed E-state index contributed by atoms with van der Waals surface area (Å²) in [6.45, 7) is 0. The topological polar surface area (TPSA) is 79.0 Å². The molecule has 3 aliphatic heterocycles. The fourth-order valence-corrected chi connectivity index (χ4v) is 6.58. The highest BCUT2D eigenvalue weighted by atomic mass is 35.5. The number of anilines is 2. The molecular weight excluding hydrogens is 526 g/mol. The molecule has 7 nitrogen and oxygen atoms in total. The number of ether oxygens (including phenoxy) is 1. The first kappa shape index (κ1) is 24.4. The first-order chi connectivity index (χ1) is 19.5. The molecule has 0 saturated carbocycles. The van der Waals surface area contributed by atoms with Crippen molar-refractivity contribution in [1.82, 2.24) is 4.90 Å². The average molecular weight is 550 g/mol. The molecule has 2 fully saturated rings. The molecule has 0 aliphatic carbocycles. The van der Waals surface area contributed by atoms with Gasteiger partial charge in [0.2, 0.25) is 17.7 Å². The van der Waals surface area contributed by atoms with E-state index in [1.54, 1.807) is 24.3 Å². The summed E-state index contributed by atoms with van der Waals surface area (Å²) in [7, 11) is 1.51. The molecule has 7 rings (SSSR count). The van der Waals surface area contributed by atoms with Gasteiger partial charge in [0.15, 0.2) is 0 Å². The van der Waals surface area contributed by atoms with Crippen molar-refractivity contribution in [3.05, 3.63) is 107 Å². The summed E-state index contributed by atoms with van der Waals surface area (Å²) in [5.74, 6) is -2.28. The number of nitrogens with zero attached hydrogens (tertiary/aromatic N) is 2. The molecule has 1 N–H and O–H groups in total. The average Bonchev–Trinajstić information content (AvgIpc) is 3.45. The van der Waals surface area contributed by atoms with E-state index in [1.807, 2.05) is 77.8 Å². The van der Waals surface area contributed by atoms with Crippen molar-refractivity contribution >= 4 is 57.5 Å². The molecule has 40 heavy (non-hydrogen) atoms. The highest BCUT2D eigenvalue weighted by Gasteiger charge is 2.64. The van der Waals surface area contributed by atoms with Crippen LogP contribution >= 0.6 is 11.6 Å². The first-order valence-corrected chi connectivity index (χ1v) is 13.4. The van der Waals surface area contributed by atoms with Crippen LogP contribution in [0.4, 0.5) is 11.4 Å². The Morgan fingerprint density at radius 3 is 2.45 bits per heavy atom. The molecule has 0 unspecified atom stereocenters. The van der Waals surface area contributed by atoms with E-state index >= 15 is 0 Å². The predicted molar refractivity (Wildman–Crippen MR) is 154 cm³/mol. The van der Waals surface area contributed by atoms with Crippen LogP contribution < -0.4 is 15.0 Å². The summed E-state index contributed by atoms with van der Waals surface area (Å²) in [6.07, 6.45) is 3.74. The number of carbonyl (C=O) groups is 3. The molecule has 3 amide bonds. The van der Waals surface area contributed by atoms with Crippen molar-refractivity contribution in [2.45, 2.75) is 12.1 Å². The van der Waals surface area contributed by atoms with Crippen LogP contribution in [-0.2, 0) is 14.4 Å². The molecule has 4 aromatic rings. The van der Waals surface area contributed by atoms with Gasteiger partial charge in [0.25, 0.3) is 0 Å². The van der Waals surface area contributed by atoms with Crippen LogP contribution in [0.1, 0.15) is 17.2 Å². The fraction of sp³-hybridized carbons (Fsp3) is 0.156. The number of carbonyl (C=O) groups excluding carboxylic acids is 3. The molecule has 198 valence electrons. The minimum absolute atomic E-state index is 0.305. The van der Waals surface area contributed by atoms with Crippen LogP contribution in [0.2, 0.25) is 5.02 Å². The van der Waals surface area contributed by atoms with Gasteiger partial charge in [-0.2, -0.15) is 0 Å². The lowest BCUT2D eigenvalue weighted by Gasteiger charge is -2.35. The largest absolute Gasteiger partial charge is 0.495 e. The Bertz CT molecular complexity index is 1750. The third kappa shape index (κ3) is 3.62. The highest BCUT2D eigenvalue weighted by Crippen LogP contribution is 2.53. The lowest BCUT2D eigenvalue weighted by atomic mass is 9.84. The Kier molecular flexibility index (Phi) is 5.64. The second kappa shape index (κ2) is 9.24. The summed E-state index contributed by atoms with van der Waals surface area (Å²) in [5, 5.41) is 5.29. The second-order valence-electron chi connectivity index (χ2n) is 10.2. The highest BCUT2D eigenvalue weighted by molar-refractivity contribution is 6.31. The molecule has 4 aromatic carbocycles. The summed E-state index contributed by atoms with van der Waals surface area (Å²) in [6, 6.07) is 24.7. The summed E-state index contributed by atoms with van der Waals surface area (Å²) in [5.41, 5.74) is 2.77. The summed E-state index contributed by atoms with van der Waals surface area (Å²) >= 11 is 6.21. The molecule has 3 heterocycles. The zero-order valence-corrected chi connectivity index (χ0v) is 22.2. The number of benzene rings is 4. The van der Waals surface area contributed by atoms with Gasteiger partial charge in [-0.05, 0) is 58.3 Å². The number of imide groups is 1. The minimum atomic E-state index is -0.926. The minimum Gasteiger partial charge on any atom is -0.495 e. The van der Waals surface area contributed by atoms with E-state index in [-0.39, 0.29) is 11.8 Å². The van der Waals surface area contributed by atoms with Crippen LogP contribution in [0.3, 0.4) is 0 Å². The van der Waals surface area contributed by atoms with Crippen LogP contribution in [0.25, 0.3) is 16.8 Å². The maximum atomic E-state index is 14.2. The Morgan fingerprint density at radius 2 is 1.62 bits per heavy atom. The van der Waals surface area contributed by atoms with E-state index in [9.17, 15) is 14.4 Å². The second-order valence-corrected chi connectivity index (χ2v) is 10.6. The Balaban J connectivity index is 1.33. The van der Waals surface area contributed by atoms with Gasteiger partial charge in [0.05, 0.1) is 36.4 Å². The van der Waals surface area contributed by atoms with Gasteiger partial charge in [-0.15, -0.1) is 0 Å². The van der Waals surface area contributed by atoms with Crippen molar-refractivity contribution in [1.29, 1.82) is 0 Å². The number of fused-ring (bicyclic) bond motifs is 6. The number of rotatable bonds is 4. The van der Waals surface area contributed by atoms with Crippen LogP contribution in [-0.4, -0.2) is 35.8 Å². The number of hydrogen-bond donors (Lipinski definition) is 1. The zero-order chi connectivity index (χ0) is 27.5. The predicted octanol–water partition coefficient (Wildman–Crippen LogP) is 5.66. The van der Waals surface area contributed by atoms with E-state index in [0.717, 1.165) is 21.9 Å². The molecule has 0 radical (unpaired) electrons. The van der Waals surface area contributed by atoms with E-state index in [4.69, 9.17) is 16.3 Å². The molecule has 4 atom stereocenters. The van der Waals surface area contributed by atoms with E-state index in [1.165, 1.54) is 12.0 Å². The van der Waals surface area contributed by atoms with E-state index < -0.39 is 29.8 Å². The SMILES string of the molecule is COc1ccc(Cl)cc1NC(=O)[C@@H]1[C@@H]2C(=O)N(c3ccc4ccccc4c3)C(=O)[C@H]2[C@H]2c3ccccc3C=CN12.